The van der Waals surface area contributed by atoms with E-state index in [2.05, 4.69) is 0 Å². The fourth-order valence-electron chi connectivity index (χ4n) is 1.59. The van der Waals surface area contributed by atoms with Crippen LogP contribution in [-0.2, 0) is 4.79 Å². The maximum Gasteiger partial charge on any atom is 0.147 e. The molecule has 0 saturated heterocycles. The van der Waals surface area contributed by atoms with Gasteiger partial charge < -0.3 is 4.79 Å². The molecule has 0 aliphatic rings. The minimum Gasteiger partial charge on any atom is -0.301 e. The van der Waals surface area contributed by atoms with E-state index in [4.69, 9.17) is 0 Å². The Hall–Kier alpha value is -1.35. The molecule has 0 radical (unpaired) electrons. The molecule has 0 amide bonds. The molecule has 1 atom stereocenters. The SMILES string of the molecule is CCCC(C)(C=O)N(O)c1ccccc1. The van der Waals surface area contributed by atoms with Gasteiger partial charge in [-0.2, -0.15) is 0 Å². The fraction of sp³-hybridized carbons (Fsp3) is 0.417. The normalized spacial score (nSPS) is 14.3. The highest BCUT2D eigenvalue weighted by Gasteiger charge is 2.30. The van der Waals surface area contributed by atoms with E-state index in [0.717, 1.165) is 17.8 Å². The van der Waals surface area contributed by atoms with E-state index >= 15 is 0 Å². The van der Waals surface area contributed by atoms with E-state index < -0.39 is 5.54 Å². The van der Waals surface area contributed by atoms with E-state index in [1.54, 1.807) is 19.1 Å². The Morgan fingerprint density at radius 2 is 2.00 bits per heavy atom. The van der Waals surface area contributed by atoms with Gasteiger partial charge in [0.05, 0.1) is 5.69 Å². The van der Waals surface area contributed by atoms with Crippen molar-refractivity contribution in [1.82, 2.24) is 0 Å². The monoisotopic (exact) mass is 207 g/mol. The summed E-state index contributed by atoms with van der Waals surface area (Å²) in [6, 6.07) is 9.08. The number of hydrogen-bond acceptors (Lipinski definition) is 3. The number of nitrogens with zero attached hydrogens (tertiary/aromatic N) is 1. The first-order chi connectivity index (χ1) is 7.14. The third-order valence-electron chi connectivity index (χ3n) is 2.49. The molecule has 1 aromatic rings. The second-order valence-electron chi connectivity index (χ2n) is 3.87. The lowest BCUT2D eigenvalue weighted by Crippen LogP contribution is -2.46. The number of anilines is 1. The number of carbonyl (C=O) groups is 1. The predicted octanol–water partition coefficient (Wildman–Crippen LogP) is 2.64. The summed E-state index contributed by atoms with van der Waals surface area (Å²) in [5, 5.41) is 11.0. The first kappa shape index (κ1) is 11.7. The van der Waals surface area contributed by atoms with Gasteiger partial charge in [-0.3, -0.25) is 5.21 Å². The molecule has 1 N–H and O–H groups in total. The molecule has 1 unspecified atom stereocenters. The zero-order chi connectivity index (χ0) is 11.3. The molecule has 3 nitrogen and oxygen atoms in total. The Morgan fingerprint density at radius 3 is 2.47 bits per heavy atom. The Morgan fingerprint density at radius 1 is 1.40 bits per heavy atom. The highest BCUT2D eigenvalue weighted by Crippen LogP contribution is 2.24. The minimum absolute atomic E-state index is 0.627. The van der Waals surface area contributed by atoms with Crippen LogP contribution >= 0.6 is 0 Å². The van der Waals surface area contributed by atoms with Crippen molar-refractivity contribution < 1.29 is 10.0 Å². The first-order valence-corrected chi connectivity index (χ1v) is 5.14. The highest BCUT2D eigenvalue weighted by atomic mass is 16.5. The summed E-state index contributed by atoms with van der Waals surface area (Å²) >= 11 is 0. The van der Waals surface area contributed by atoms with Crippen LogP contribution in [-0.4, -0.2) is 17.0 Å². The molecular weight excluding hydrogens is 190 g/mol. The summed E-state index contributed by atoms with van der Waals surface area (Å²) in [6.45, 7) is 3.72. The van der Waals surface area contributed by atoms with E-state index in [9.17, 15) is 10.0 Å². The largest absolute Gasteiger partial charge is 0.301 e. The van der Waals surface area contributed by atoms with Gasteiger partial charge in [0.25, 0.3) is 0 Å². The average Bonchev–Trinajstić information content (AvgIpc) is 2.29. The van der Waals surface area contributed by atoms with Crippen molar-refractivity contribution in [3.8, 4) is 0 Å². The number of para-hydroxylation sites is 1. The van der Waals surface area contributed by atoms with Crippen LogP contribution in [0.5, 0.6) is 0 Å². The van der Waals surface area contributed by atoms with Gasteiger partial charge in [0.2, 0.25) is 0 Å². The number of rotatable bonds is 5. The average molecular weight is 207 g/mol. The number of hydrogen-bond donors (Lipinski definition) is 1. The van der Waals surface area contributed by atoms with Gasteiger partial charge in [0.1, 0.15) is 11.8 Å². The zero-order valence-electron chi connectivity index (χ0n) is 9.18. The molecule has 1 aromatic carbocycles. The molecule has 0 heterocycles. The fourth-order valence-corrected chi connectivity index (χ4v) is 1.59. The van der Waals surface area contributed by atoms with E-state index in [1.807, 2.05) is 25.1 Å². The van der Waals surface area contributed by atoms with Crippen molar-refractivity contribution in [2.24, 2.45) is 0 Å². The van der Waals surface area contributed by atoms with Crippen molar-refractivity contribution >= 4 is 12.0 Å². The van der Waals surface area contributed by atoms with Crippen LogP contribution in [0.4, 0.5) is 5.69 Å². The van der Waals surface area contributed by atoms with Gasteiger partial charge in [0.15, 0.2) is 0 Å². The smallest absolute Gasteiger partial charge is 0.147 e. The summed E-state index contributed by atoms with van der Waals surface area (Å²) in [7, 11) is 0. The van der Waals surface area contributed by atoms with Crippen LogP contribution in [0.2, 0.25) is 0 Å². The van der Waals surface area contributed by atoms with Gasteiger partial charge >= 0.3 is 0 Å². The maximum atomic E-state index is 11.0. The van der Waals surface area contributed by atoms with Crippen LogP contribution in [0.15, 0.2) is 30.3 Å². The third-order valence-corrected chi connectivity index (χ3v) is 2.49. The minimum atomic E-state index is -0.837. The molecule has 0 aromatic heterocycles. The number of hydroxylamine groups is 1. The second-order valence-corrected chi connectivity index (χ2v) is 3.87. The molecule has 0 aliphatic carbocycles. The molecule has 0 saturated carbocycles. The van der Waals surface area contributed by atoms with Crippen LogP contribution in [0, 0.1) is 0 Å². The number of benzene rings is 1. The number of aldehydes is 1. The lowest BCUT2D eigenvalue weighted by atomic mass is 9.97. The van der Waals surface area contributed by atoms with Crippen molar-refractivity contribution in [2.45, 2.75) is 32.2 Å². The van der Waals surface area contributed by atoms with Crippen LogP contribution < -0.4 is 5.06 Å². The third kappa shape index (κ3) is 2.57. The molecule has 3 heteroatoms. The topological polar surface area (TPSA) is 40.5 Å². The Bertz CT molecular complexity index is 313. The molecule has 0 aliphatic heterocycles. The Kier molecular flexibility index (Phi) is 3.86. The Labute approximate surface area is 90.3 Å². The summed E-state index contributed by atoms with van der Waals surface area (Å²) in [4.78, 5) is 11.0. The van der Waals surface area contributed by atoms with Gasteiger partial charge in [-0.15, -0.1) is 0 Å². The maximum absolute atomic E-state index is 11.0. The van der Waals surface area contributed by atoms with E-state index in [-0.39, 0.29) is 0 Å². The summed E-state index contributed by atoms with van der Waals surface area (Å²) in [5.41, 5.74) is -0.198. The van der Waals surface area contributed by atoms with Crippen molar-refractivity contribution in [1.29, 1.82) is 0 Å². The van der Waals surface area contributed by atoms with Gasteiger partial charge in [0, 0.05) is 0 Å². The molecule has 82 valence electrons. The molecule has 0 spiro atoms. The van der Waals surface area contributed by atoms with Crippen LogP contribution in [0.3, 0.4) is 0 Å². The number of carbonyl (C=O) groups excluding carboxylic acids is 1. The van der Waals surface area contributed by atoms with Crippen molar-refractivity contribution in [3.63, 3.8) is 0 Å². The Balaban J connectivity index is 2.91. The quantitative estimate of drug-likeness (QED) is 0.596. The van der Waals surface area contributed by atoms with Crippen LogP contribution in [0.25, 0.3) is 0 Å². The highest BCUT2D eigenvalue weighted by molar-refractivity contribution is 5.70. The van der Waals surface area contributed by atoms with Crippen LogP contribution in [0.1, 0.15) is 26.7 Å². The molecule has 1 rings (SSSR count). The summed E-state index contributed by atoms with van der Waals surface area (Å²) < 4.78 is 0. The van der Waals surface area contributed by atoms with Gasteiger partial charge in [-0.1, -0.05) is 31.5 Å². The molecule has 0 bridgehead atoms. The second kappa shape index (κ2) is 4.94. The van der Waals surface area contributed by atoms with E-state index in [1.165, 1.54) is 0 Å². The zero-order valence-corrected chi connectivity index (χ0v) is 9.18. The van der Waals surface area contributed by atoms with Gasteiger partial charge in [-0.05, 0) is 25.5 Å². The molecular formula is C12H17NO2. The predicted molar refractivity (Wildman–Crippen MR) is 60.1 cm³/mol. The summed E-state index contributed by atoms with van der Waals surface area (Å²) in [5.74, 6) is 0. The lowest BCUT2D eigenvalue weighted by Gasteiger charge is -2.33. The molecule has 15 heavy (non-hydrogen) atoms. The van der Waals surface area contributed by atoms with Crippen molar-refractivity contribution in [2.75, 3.05) is 5.06 Å². The standard InChI is InChI=1S/C12H17NO2/c1-3-9-12(2,10-14)13(15)11-7-5-4-6-8-11/h4-8,10,15H,3,9H2,1-2H3. The molecule has 0 fully saturated rings. The first-order valence-electron chi connectivity index (χ1n) is 5.14. The van der Waals surface area contributed by atoms with Gasteiger partial charge in [-0.25, -0.2) is 5.06 Å². The van der Waals surface area contributed by atoms with E-state index in [0.29, 0.717) is 12.1 Å². The van der Waals surface area contributed by atoms with Crippen molar-refractivity contribution in [3.05, 3.63) is 30.3 Å². The summed E-state index contributed by atoms with van der Waals surface area (Å²) in [6.07, 6.45) is 2.27. The lowest BCUT2D eigenvalue weighted by molar-refractivity contribution is -0.114.